The molecule has 0 spiro atoms. The number of nitrogens with zero attached hydrogens (tertiary/aromatic N) is 6. The first-order valence-corrected chi connectivity index (χ1v) is 10.0. The number of rotatable bonds is 4. The van der Waals surface area contributed by atoms with Gasteiger partial charge in [-0.2, -0.15) is 10.2 Å². The molecule has 146 valence electrons. The first-order chi connectivity index (χ1) is 14.2. The standard InChI is InChI=1S/C22H22N6O/c1-15(17-6-4-16(11-23)5-7-17)28-13-18-3-2-8-22(18,14-28)21-26-20(27-29-21)19-12-24-9-10-25-19/h4-7,9-10,12,15,18H,2-3,8,13-14H2,1H3/t15?,18-,22-/m1/s1. The Morgan fingerprint density at radius 3 is 2.90 bits per heavy atom. The maximum Gasteiger partial charge on any atom is 0.234 e. The van der Waals surface area contributed by atoms with E-state index in [4.69, 9.17) is 14.8 Å². The van der Waals surface area contributed by atoms with Gasteiger partial charge in [-0.15, -0.1) is 0 Å². The lowest BCUT2D eigenvalue weighted by atomic mass is 9.80. The van der Waals surface area contributed by atoms with Crippen molar-refractivity contribution in [2.24, 2.45) is 5.92 Å². The maximum atomic E-state index is 9.04. The lowest BCUT2D eigenvalue weighted by Crippen LogP contribution is -2.33. The molecule has 0 amide bonds. The van der Waals surface area contributed by atoms with Gasteiger partial charge in [0.1, 0.15) is 5.69 Å². The summed E-state index contributed by atoms with van der Waals surface area (Å²) in [5.41, 5.74) is 2.46. The van der Waals surface area contributed by atoms with Gasteiger partial charge >= 0.3 is 0 Å². The van der Waals surface area contributed by atoms with Crippen LogP contribution in [0.15, 0.2) is 47.4 Å². The molecule has 3 atom stereocenters. The van der Waals surface area contributed by atoms with E-state index in [9.17, 15) is 0 Å². The summed E-state index contributed by atoms with van der Waals surface area (Å²) < 4.78 is 5.78. The third-order valence-electron chi connectivity index (χ3n) is 6.61. The number of hydrogen-bond donors (Lipinski definition) is 0. The van der Waals surface area contributed by atoms with Crippen molar-refractivity contribution < 1.29 is 4.52 Å². The average Bonchev–Trinajstić information content (AvgIpc) is 3.48. The number of aromatic nitrogens is 4. The molecule has 1 aliphatic heterocycles. The Morgan fingerprint density at radius 1 is 1.28 bits per heavy atom. The minimum Gasteiger partial charge on any atom is -0.338 e. The normalized spacial score (nSPS) is 24.9. The van der Waals surface area contributed by atoms with E-state index in [1.165, 1.54) is 18.4 Å². The van der Waals surface area contributed by atoms with Crippen LogP contribution < -0.4 is 0 Å². The molecule has 0 N–H and O–H groups in total. The Morgan fingerprint density at radius 2 is 2.14 bits per heavy atom. The molecule has 0 bridgehead atoms. The Bertz CT molecular complexity index is 1040. The van der Waals surface area contributed by atoms with Crippen LogP contribution in [0.3, 0.4) is 0 Å². The van der Waals surface area contributed by atoms with Crippen LogP contribution >= 0.6 is 0 Å². The van der Waals surface area contributed by atoms with Crippen molar-refractivity contribution in [1.82, 2.24) is 25.0 Å². The molecule has 3 aromatic rings. The summed E-state index contributed by atoms with van der Waals surface area (Å²) in [7, 11) is 0. The van der Waals surface area contributed by atoms with Gasteiger partial charge in [-0.1, -0.05) is 23.7 Å². The highest BCUT2D eigenvalue weighted by Gasteiger charge is 2.54. The highest BCUT2D eigenvalue weighted by molar-refractivity contribution is 5.46. The Hall–Kier alpha value is -3.11. The van der Waals surface area contributed by atoms with Crippen LogP contribution in [-0.4, -0.2) is 38.1 Å². The van der Waals surface area contributed by atoms with Gasteiger partial charge < -0.3 is 4.52 Å². The SMILES string of the molecule is CC(c1ccc(C#N)cc1)N1C[C@H]2CCC[C@@]2(c2nc(-c3cnccn3)no2)C1. The van der Waals surface area contributed by atoms with E-state index in [1.807, 2.05) is 12.1 Å². The summed E-state index contributed by atoms with van der Waals surface area (Å²) in [6.45, 7) is 4.15. The zero-order chi connectivity index (χ0) is 19.8. The number of hydrogen-bond acceptors (Lipinski definition) is 7. The molecule has 1 aromatic carbocycles. The van der Waals surface area contributed by atoms with Crippen molar-refractivity contribution in [2.45, 2.75) is 37.6 Å². The quantitative estimate of drug-likeness (QED) is 0.677. The summed E-state index contributed by atoms with van der Waals surface area (Å²) in [6.07, 6.45) is 8.36. The highest BCUT2D eigenvalue weighted by atomic mass is 16.5. The third-order valence-corrected chi connectivity index (χ3v) is 6.61. The highest BCUT2D eigenvalue weighted by Crippen LogP contribution is 2.51. The van der Waals surface area contributed by atoms with Crippen LogP contribution in [0.1, 0.15) is 49.2 Å². The zero-order valence-corrected chi connectivity index (χ0v) is 16.3. The van der Waals surface area contributed by atoms with Gasteiger partial charge in [0.2, 0.25) is 11.7 Å². The largest absolute Gasteiger partial charge is 0.338 e. The molecule has 3 heterocycles. The lowest BCUT2D eigenvalue weighted by Gasteiger charge is -2.28. The number of likely N-dealkylation sites (tertiary alicyclic amines) is 1. The minimum absolute atomic E-state index is 0.0890. The Balaban J connectivity index is 1.41. The monoisotopic (exact) mass is 386 g/mol. The molecule has 2 aromatic heterocycles. The summed E-state index contributed by atoms with van der Waals surface area (Å²) in [5, 5.41) is 13.2. The fourth-order valence-corrected chi connectivity index (χ4v) is 4.96. The van der Waals surface area contributed by atoms with Crippen LogP contribution in [0, 0.1) is 17.2 Å². The predicted molar refractivity (Wildman–Crippen MR) is 105 cm³/mol. The first-order valence-electron chi connectivity index (χ1n) is 10.0. The van der Waals surface area contributed by atoms with E-state index in [0.29, 0.717) is 23.0 Å². The molecule has 1 aliphatic carbocycles. The molecule has 2 fully saturated rings. The second kappa shape index (κ2) is 7.05. The summed E-state index contributed by atoms with van der Waals surface area (Å²) in [6, 6.07) is 10.4. The molecule has 5 rings (SSSR count). The van der Waals surface area contributed by atoms with Gasteiger partial charge in [-0.05, 0) is 43.4 Å². The molecule has 7 heteroatoms. The third kappa shape index (κ3) is 3.00. The van der Waals surface area contributed by atoms with Gasteiger partial charge in [0.25, 0.3) is 0 Å². The van der Waals surface area contributed by atoms with E-state index >= 15 is 0 Å². The van der Waals surface area contributed by atoms with Gasteiger partial charge in [0.15, 0.2) is 0 Å². The van der Waals surface area contributed by atoms with Crippen molar-refractivity contribution >= 4 is 0 Å². The maximum absolute atomic E-state index is 9.04. The fraction of sp³-hybridized carbons (Fsp3) is 0.409. The van der Waals surface area contributed by atoms with Crippen LogP contribution in [-0.2, 0) is 5.41 Å². The second-order valence-electron chi connectivity index (χ2n) is 8.10. The molecular weight excluding hydrogens is 364 g/mol. The summed E-state index contributed by atoms with van der Waals surface area (Å²) >= 11 is 0. The van der Waals surface area contributed by atoms with E-state index in [0.717, 1.165) is 25.4 Å². The summed E-state index contributed by atoms with van der Waals surface area (Å²) in [4.78, 5) is 15.6. The van der Waals surface area contributed by atoms with E-state index in [2.05, 4.69) is 45.2 Å². The minimum atomic E-state index is -0.0890. The van der Waals surface area contributed by atoms with Crippen LogP contribution in [0.5, 0.6) is 0 Å². The zero-order valence-electron chi connectivity index (χ0n) is 16.3. The van der Waals surface area contributed by atoms with Gasteiger partial charge in [0, 0.05) is 31.5 Å². The molecule has 0 radical (unpaired) electrons. The van der Waals surface area contributed by atoms with E-state index < -0.39 is 0 Å². The topological polar surface area (TPSA) is 91.7 Å². The molecule has 2 aliphatic rings. The Labute approximate surface area is 169 Å². The molecular formula is C22H22N6O. The van der Waals surface area contributed by atoms with Gasteiger partial charge in [0.05, 0.1) is 23.2 Å². The van der Waals surface area contributed by atoms with E-state index in [1.54, 1.807) is 18.6 Å². The molecule has 7 nitrogen and oxygen atoms in total. The lowest BCUT2D eigenvalue weighted by molar-refractivity contribution is 0.218. The van der Waals surface area contributed by atoms with Crippen LogP contribution in [0.25, 0.3) is 11.5 Å². The van der Waals surface area contributed by atoms with Crippen molar-refractivity contribution in [3.05, 3.63) is 59.9 Å². The fourth-order valence-electron chi connectivity index (χ4n) is 4.96. The van der Waals surface area contributed by atoms with Gasteiger partial charge in [-0.25, -0.2) is 4.98 Å². The van der Waals surface area contributed by atoms with Crippen LogP contribution in [0.2, 0.25) is 0 Å². The van der Waals surface area contributed by atoms with Crippen molar-refractivity contribution in [3.63, 3.8) is 0 Å². The van der Waals surface area contributed by atoms with Crippen molar-refractivity contribution in [3.8, 4) is 17.6 Å². The predicted octanol–water partition coefficient (Wildman–Crippen LogP) is 3.51. The molecule has 1 saturated heterocycles. The average molecular weight is 386 g/mol. The van der Waals surface area contributed by atoms with Gasteiger partial charge in [-0.3, -0.25) is 9.88 Å². The number of benzene rings is 1. The number of fused-ring (bicyclic) bond motifs is 1. The van der Waals surface area contributed by atoms with E-state index in [-0.39, 0.29) is 11.5 Å². The Kier molecular flexibility index (Phi) is 4.36. The summed E-state index contributed by atoms with van der Waals surface area (Å²) in [5.74, 6) is 1.75. The smallest absolute Gasteiger partial charge is 0.234 e. The van der Waals surface area contributed by atoms with Crippen molar-refractivity contribution in [1.29, 1.82) is 5.26 Å². The number of nitriles is 1. The second-order valence-corrected chi connectivity index (χ2v) is 8.10. The molecule has 1 unspecified atom stereocenters. The molecule has 1 saturated carbocycles. The molecule has 29 heavy (non-hydrogen) atoms. The van der Waals surface area contributed by atoms with Crippen molar-refractivity contribution in [2.75, 3.05) is 13.1 Å². The van der Waals surface area contributed by atoms with Crippen LogP contribution in [0.4, 0.5) is 0 Å². The first kappa shape index (κ1) is 18.0.